The first-order valence-corrected chi connectivity index (χ1v) is 8.40. The molecular formula is C16H28N2O. The second-order valence-electron chi connectivity index (χ2n) is 7.65. The number of aliphatic hydroxyl groups is 1. The second kappa shape index (κ2) is 4.71. The van der Waals surface area contributed by atoms with Crippen LogP contribution in [0.5, 0.6) is 0 Å². The maximum atomic E-state index is 10.0. The monoisotopic (exact) mass is 264 g/mol. The number of fused-ring (bicyclic) bond motifs is 1. The molecule has 0 amide bonds. The van der Waals surface area contributed by atoms with Crippen molar-refractivity contribution in [3.8, 4) is 0 Å². The molecule has 4 aliphatic rings. The van der Waals surface area contributed by atoms with Crippen molar-refractivity contribution >= 4 is 0 Å². The van der Waals surface area contributed by atoms with E-state index in [9.17, 15) is 5.11 Å². The largest absolute Gasteiger partial charge is 0.394 e. The van der Waals surface area contributed by atoms with E-state index in [-0.39, 0.29) is 5.54 Å². The highest BCUT2D eigenvalue weighted by Crippen LogP contribution is 2.44. The smallest absolute Gasteiger partial charge is 0.0628 e. The Bertz CT molecular complexity index is 328. The van der Waals surface area contributed by atoms with Gasteiger partial charge in [0.15, 0.2) is 0 Å². The summed E-state index contributed by atoms with van der Waals surface area (Å²) < 4.78 is 0. The Morgan fingerprint density at radius 3 is 2.21 bits per heavy atom. The van der Waals surface area contributed by atoms with Crippen LogP contribution in [-0.4, -0.2) is 47.8 Å². The van der Waals surface area contributed by atoms with Gasteiger partial charge >= 0.3 is 0 Å². The van der Waals surface area contributed by atoms with Crippen LogP contribution in [0.25, 0.3) is 0 Å². The summed E-state index contributed by atoms with van der Waals surface area (Å²) in [5.74, 6) is 2.67. The molecule has 3 aliphatic carbocycles. The molecule has 4 fully saturated rings. The van der Waals surface area contributed by atoms with E-state index in [0.29, 0.717) is 12.6 Å². The Kier molecular flexibility index (Phi) is 3.13. The summed E-state index contributed by atoms with van der Waals surface area (Å²) in [6, 6.07) is 0.704. The first-order valence-electron chi connectivity index (χ1n) is 8.40. The van der Waals surface area contributed by atoms with Crippen molar-refractivity contribution in [1.82, 2.24) is 10.2 Å². The van der Waals surface area contributed by atoms with Crippen molar-refractivity contribution in [3.05, 3.63) is 0 Å². The molecule has 0 spiro atoms. The average molecular weight is 264 g/mol. The molecule has 3 atom stereocenters. The Balaban J connectivity index is 1.42. The van der Waals surface area contributed by atoms with Crippen molar-refractivity contribution in [3.63, 3.8) is 0 Å². The second-order valence-corrected chi connectivity index (χ2v) is 7.65. The Hall–Kier alpha value is -0.120. The number of rotatable bonds is 6. The van der Waals surface area contributed by atoms with Crippen LogP contribution < -0.4 is 5.32 Å². The Labute approximate surface area is 116 Å². The Morgan fingerprint density at radius 2 is 1.68 bits per heavy atom. The standard InChI is InChI=1S/C16H28N2O/c19-11-16(14-4-5-14,17-15-6-7-15)10-18-8-12-2-1-3-13(12)9-18/h12-15,17,19H,1-11H2. The maximum Gasteiger partial charge on any atom is 0.0628 e. The lowest BCUT2D eigenvalue weighted by Crippen LogP contribution is -2.58. The third kappa shape index (κ3) is 2.45. The van der Waals surface area contributed by atoms with Gasteiger partial charge in [0.05, 0.1) is 12.1 Å². The molecule has 108 valence electrons. The van der Waals surface area contributed by atoms with Crippen LogP contribution in [0.2, 0.25) is 0 Å². The van der Waals surface area contributed by atoms with E-state index < -0.39 is 0 Å². The van der Waals surface area contributed by atoms with Crippen LogP contribution in [0.15, 0.2) is 0 Å². The molecule has 0 radical (unpaired) electrons. The van der Waals surface area contributed by atoms with Crippen LogP contribution in [0.3, 0.4) is 0 Å². The molecule has 0 aromatic heterocycles. The van der Waals surface area contributed by atoms with Crippen LogP contribution >= 0.6 is 0 Å². The summed E-state index contributed by atoms with van der Waals surface area (Å²) in [5.41, 5.74) is 0.0276. The molecular weight excluding hydrogens is 236 g/mol. The normalized spacial score (nSPS) is 38.4. The van der Waals surface area contributed by atoms with Gasteiger partial charge in [-0.25, -0.2) is 0 Å². The molecule has 2 N–H and O–H groups in total. The van der Waals surface area contributed by atoms with E-state index in [4.69, 9.17) is 0 Å². The summed E-state index contributed by atoms with van der Waals surface area (Å²) in [6.45, 7) is 4.02. The van der Waals surface area contributed by atoms with Crippen molar-refractivity contribution < 1.29 is 5.11 Å². The molecule has 3 heteroatoms. The quantitative estimate of drug-likeness (QED) is 0.765. The fraction of sp³-hybridized carbons (Fsp3) is 1.00. The van der Waals surface area contributed by atoms with Gasteiger partial charge in [0.2, 0.25) is 0 Å². The summed E-state index contributed by atoms with van der Waals surface area (Å²) >= 11 is 0. The summed E-state index contributed by atoms with van der Waals surface area (Å²) in [4.78, 5) is 2.67. The lowest BCUT2D eigenvalue weighted by Gasteiger charge is -2.37. The molecule has 0 bridgehead atoms. The van der Waals surface area contributed by atoms with Gasteiger partial charge in [-0.3, -0.25) is 0 Å². The fourth-order valence-corrected chi connectivity index (χ4v) is 4.65. The van der Waals surface area contributed by atoms with E-state index >= 15 is 0 Å². The van der Waals surface area contributed by atoms with E-state index in [1.54, 1.807) is 0 Å². The molecule has 0 aromatic carbocycles. The number of hydrogen-bond donors (Lipinski definition) is 2. The topological polar surface area (TPSA) is 35.5 Å². The van der Waals surface area contributed by atoms with Crippen LogP contribution in [0, 0.1) is 17.8 Å². The zero-order chi connectivity index (χ0) is 12.9. The van der Waals surface area contributed by atoms with E-state index in [1.165, 1.54) is 58.0 Å². The molecule has 3 saturated carbocycles. The van der Waals surface area contributed by atoms with Gasteiger partial charge in [-0.15, -0.1) is 0 Å². The number of likely N-dealkylation sites (tertiary alicyclic amines) is 1. The van der Waals surface area contributed by atoms with Crippen molar-refractivity contribution in [1.29, 1.82) is 0 Å². The van der Waals surface area contributed by atoms with E-state index in [1.807, 2.05) is 0 Å². The number of hydrogen-bond acceptors (Lipinski definition) is 3. The predicted molar refractivity (Wildman–Crippen MR) is 76.0 cm³/mol. The number of nitrogens with one attached hydrogen (secondary N) is 1. The van der Waals surface area contributed by atoms with Gasteiger partial charge in [-0.2, -0.15) is 0 Å². The van der Waals surface area contributed by atoms with Gasteiger partial charge in [0, 0.05) is 25.7 Å². The van der Waals surface area contributed by atoms with Crippen LogP contribution in [-0.2, 0) is 0 Å². The van der Waals surface area contributed by atoms with E-state index in [0.717, 1.165) is 24.3 Å². The zero-order valence-corrected chi connectivity index (χ0v) is 12.0. The predicted octanol–water partition coefficient (Wildman–Crippen LogP) is 1.61. The molecule has 4 rings (SSSR count). The lowest BCUT2D eigenvalue weighted by molar-refractivity contribution is 0.0951. The maximum absolute atomic E-state index is 10.0. The average Bonchev–Trinajstić information content (AvgIpc) is 3.29. The van der Waals surface area contributed by atoms with Gasteiger partial charge < -0.3 is 15.3 Å². The highest BCUT2D eigenvalue weighted by Gasteiger charge is 2.49. The molecule has 0 aromatic rings. The van der Waals surface area contributed by atoms with Crippen LogP contribution in [0.1, 0.15) is 44.9 Å². The zero-order valence-electron chi connectivity index (χ0n) is 12.0. The highest BCUT2D eigenvalue weighted by atomic mass is 16.3. The summed E-state index contributed by atoms with van der Waals surface area (Å²) in [5, 5.41) is 13.9. The Morgan fingerprint density at radius 1 is 1.00 bits per heavy atom. The minimum absolute atomic E-state index is 0.0276. The first kappa shape index (κ1) is 12.6. The third-order valence-electron chi connectivity index (χ3n) is 6.02. The molecule has 1 saturated heterocycles. The molecule has 1 aliphatic heterocycles. The highest BCUT2D eigenvalue weighted by molar-refractivity contribution is 5.07. The first-order chi connectivity index (χ1) is 9.29. The summed E-state index contributed by atoms with van der Waals surface area (Å²) in [6.07, 6.45) is 9.64. The SMILES string of the molecule is OCC(CN1CC2CCCC2C1)(NC1CC1)C1CC1. The van der Waals surface area contributed by atoms with Crippen molar-refractivity contribution in [2.24, 2.45) is 17.8 Å². The summed E-state index contributed by atoms with van der Waals surface area (Å²) in [7, 11) is 0. The van der Waals surface area contributed by atoms with Gasteiger partial charge in [0.1, 0.15) is 0 Å². The molecule has 1 heterocycles. The van der Waals surface area contributed by atoms with Crippen molar-refractivity contribution in [2.75, 3.05) is 26.2 Å². The lowest BCUT2D eigenvalue weighted by atomic mass is 9.93. The minimum Gasteiger partial charge on any atom is -0.394 e. The van der Waals surface area contributed by atoms with Gasteiger partial charge in [0.25, 0.3) is 0 Å². The molecule has 3 nitrogen and oxygen atoms in total. The van der Waals surface area contributed by atoms with Gasteiger partial charge in [-0.05, 0) is 56.3 Å². The van der Waals surface area contributed by atoms with E-state index in [2.05, 4.69) is 10.2 Å². The minimum atomic E-state index is 0.0276. The van der Waals surface area contributed by atoms with Crippen molar-refractivity contribution in [2.45, 2.75) is 56.5 Å². The molecule has 3 unspecified atom stereocenters. The van der Waals surface area contributed by atoms with Crippen LogP contribution in [0.4, 0.5) is 0 Å². The molecule has 19 heavy (non-hydrogen) atoms. The fourth-order valence-electron chi connectivity index (χ4n) is 4.65. The third-order valence-corrected chi connectivity index (χ3v) is 6.02. The van der Waals surface area contributed by atoms with Gasteiger partial charge in [-0.1, -0.05) is 6.42 Å². The number of aliphatic hydroxyl groups excluding tert-OH is 1. The number of nitrogens with zero attached hydrogens (tertiary/aromatic N) is 1.